The number of hydrogen-bond acceptors (Lipinski definition) is 4. The van der Waals surface area contributed by atoms with Gasteiger partial charge in [0.25, 0.3) is 0 Å². The molecule has 1 aliphatic carbocycles. The van der Waals surface area contributed by atoms with Gasteiger partial charge in [-0.3, -0.25) is 9.69 Å². The van der Waals surface area contributed by atoms with Crippen LogP contribution in [0.1, 0.15) is 37.6 Å². The van der Waals surface area contributed by atoms with Crippen LogP contribution in [0.5, 0.6) is 11.5 Å². The van der Waals surface area contributed by atoms with E-state index in [1.54, 1.807) is 25.8 Å². The maximum Gasteiger partial charge on any atom is 0.224 e. The quantitative estimate of drug-likeness (QED) is 0.432. The smallest absolute Gasteiger partial charge is 0.224 e. The summed E-state index contributed by atoms with van der Waals surface area (Å²) in [5.74, 6) is 2.20. The van der Waals surface area contributed by atoms with Crippen LogP contribution in [0, 0.1) is 5.92 Å². The summed E-state index contributed by atoms with van der Waals surface area (Å²) in [7, 11) is 1.63. The van der Waals surface area contributed by atoms with Gasteiger partial charge < -0.3 is 9.47 Å². The van der Waals surface area contributed by atoms with Crippen LogP contribution in [0.4, 0.5) is 0 Å². The molecule has 7 heteroatoms. The number of alkyl halides is 1. The Kier molecular flexibility index (Phi) is 6.66. The Hall–Kier alpha value is -1.30. The molecule has 1 aromatic carbocycles. The fourth-order valence-corrected chi connectivity index (χ4v) is 5.47. The zero-order valence-electron chi connectivity index (χ0n) is 15.6. The second kappa shape index (κ2) is 8.80. The molecule has 0 bridgehead atoms. The molecule has 2 aliphatic rings. The summed E-state index contributed by atoms with van der Waals surface area (Å²) in [5, 5.41) is 0.608. The molecule has 0 saturated heterocycles. The van der Waals surface area contributed by atoms with Gasteiger partial charge in [-0.1, -0.05) is 30.3 Å². The Morgan fingerprint density at radius 1 is 1.41 bits per heavy atom. The number of carbonyl (C=O) groups is 1. The number of ether oxygens (including phenoxy) is 2. The van der Waals surface area contributed by atoms with E-state index in [0.29, 0.717) is 12.5 Å². The van der Waals surface area contributed by atoms with E-state index in [1.807, 2.05) is 29.2 Å². The Morgan fingerprint density at radius 3 is 2.85 bits per heavy atom. The van der Waals surface area contributed by atoms with Crippen LogP contribution in [0.3, 0.4) is 0 Å². The third-order valence-corrected chi connectivity index (χ3v) is 6.40. The third kappa shape index (κ3) is 4.25. The van der Waals surface area contributed by atoms with E-state index in [-0.39, 0.29) is 17.2 Å². The lowest BCUT2D eigenvalue weighted by atomic mass is 9.97. The standard InChI is InChI=1S/C20H23Cl2NO3S/c1-12-9-14(22)10-18-19(12)23(13(2)24)20(27-18)16-11-15(25-3)5-6-17(16)26-8-4-7-21/h5-6,10-12,20H,4,7-9H2,1-3H3. The maximum absolute atomic E-state index is 12.6. The topological polar surface area (TPSA) is 38.8 Å². The van der Waals surface area contributed by atoms with Crippen molar-refractivity contribution < 1.29 is 14.3 Å². The number of amides is 1. The van der Waals surface area contributed by atoms with E-state index in [2.05, 4.69) is 6.92 Å². The van der Waals surface area contributed by atoms with Crippen molar-refractivity contribution in [2.75, 3.05) is 19.6 Å². The molecule has 27 heavy (non-hydrogen) atoms. The molecular weight excluding hydrogens is 405 g/mol. The summed E-state index contributed by atoms with van der Waals surface area (Å²) >= 11 is 13.7. The van der Waals surface area contributed by atoms with E-state index in [4.69, 9.17) is 32.7 Å². The second-order valence-electron chi connectivity index (χ2n) is 6.60. The summed E-state index contributed by atoms with van der Waals surface area (Å²) in [5.41, 5.74) is 1.95. The lowest BCUT2D eigenvalue weighted by molar-refractivity contribution is -0.127. The molecule has 1 amide bonds. The lowest BCUT2D eigenvalue weighted by Gasteiger charge is -2.30. The summed E-state index contributed by atoms with van der Waals surface area (Å²) in [6, 6.07) is 5.70. The Balaban J connectivity index is 2.01. The van der Waals surface area contributed by atoms with E-state index in [0.717, 1.165) is 45.5 Å². The Morgan fingerprint density at radius 2 is 2.19 bits per heavy atom. The molecule has 3 rings (SSSR count). The largest absolute Gasteiger partial charge is 0.497 e. The van der Waals surface area contributed by atoms with Crippen LogP contribution < -0.4 is 9.47 Å². The van der Waals surface area contributed by atoms with Crippen molar-refractivity contribution in [3.63, 3.8) is 0 Å². The van der Waals surface area contributed by atoms with Crippen molar-refractivity contribution in [3.8, 4) is 11.5 Å². The van der Waals surface area contributed by atoms with Crippen LogP contribution in [-0.2, 0) is 4.79 Å². The van der Waals surface area contributed by atoms with Gasteiger partial charge in [0.2, 0.25) is 5.91 Å². The van der Waals surface area contributed by atoms with E-state index >= 15 is 0 Å². The summed E-state index contributed by atoms with van der Waals surface area (Å²) in [6.45, 7) is 4.23. The average Bonchev–Trinajstić information content (AvgIpc) is 3.01. The monoisotopic (exact) mass is 427 g/mol. The summed E-state index contributed by atoms with van der Waals surface area (Å²) in [4.78, 5) is 15.5. The number of benzene rings is 1. The first-order valence-corrected chi connectivity index (χ1v) is 10.7. The normalized spacial score (nSPS) is 21.8. The molecule has 0 saturated carbocycles. The number of carbonyl (C=O) groups excluding carboxylic acids is 1. The Labute approximate surface area is 174 Å². The second-order valence-corrected chi connectivity index (χ2v) is 8.59. The van der Waals surface area contributed by atoms with Gasteiger partial charge >= 0.3 is 0 Å². The minimum Gasteiger partial charge on any atom is -0.497 e. The van der Waals surface area contributed by atoms with E-state index < -0.39 is 0 Å². The highest BCUT2D eigenvalue weighted by Gasteiger charge is 2.40. The first-order chi connectivity index (χ1) is 13.0. The minimum atomic E-state index is -0.213. The minimum absolute atomic E-state index is 0.00491. The number of rotatable bonds is 6. The van der Waals surface area contributed by atoms with Gasteiger partial charge in [-0.25, -0.2) is 0 Å². The van der Waals surface area contributed by atoms with Gasteiger partial charge in [-0.05, 0) is 37.1 Å². The molecule has 2 unspecified atom stereocenters. The molecule has 1 aliphatic heterocycles. The highest BCUT2D eigenvalue weighted by atomic mass is 35.5. The fraction of sp³-hybridized carbons (Fsp3) is 0.450. The average molecular weight is 428 g/mol. The van der Waals surface area contributed by atoms with Crippen LogP contribution in [-0.4, -0.2) is 30.4 Å². The Bertz CT molecular complexity index is 793. The molecule has 0 fully saturated rings. The van der Waals surface area contributed by atoms with Crippen molar-refractivity contribution in [1.82, 2.24) is 4.90 Å². The first kappa shape index (κ1) is 20.4. The van der Waals surface area contributed by atoms with Crippen LogP contribution in [0.2, 0.25) is 0 Å². The summed E-state index contributed by atoms with van der Waals surface area (Å²) < 4.78 is 11.4. The van der Waals surface area contributed by atoms with Crippen molar-refractivity contribution in [1.29, 1.82) is 0 Å². The number of thioether (sulfide) groups is 1. The van der Waals surface area contributed by atoms with E-state index in [9.17, 15) is 4.79 Å². The first-order valence-electron chi connectivity index (χ1n) is 8.89. The van der Waals surface area contributed by atoms with E-state index in [1.165, 1.54) is 0 Å². The highest BCUT2D eigenvalue weighted by Crippen LogP contribution is 2.55. The van der Waals surface area contributed by atoms with Crippen molar-refractivity contribution in [3.05, 3.63) is 45.5 Å². The SMILES string of the molecule is COc1ccc(OCCCCl)c(C2SC3=C(C(C)CC(Cl)=C3)N2C(C)=O)c1. The predicted octanol–water partition coefficient (Wildman–Crippen LogP) is 5.67. The van der Waals surface area contributed by atoms with Crippen LogP contribution in [0.15, 0.2) is 39.9 Å². The van der Waals surface area contributed by atoms with Gasteiger partial charge in [-0.2, -0.15) is 0 Å². The van der Waals surface area contributed by atoms with Crippen molar-refractivity contribution in [2.45, 2.75) is 32.1 Å². The molecular formula is C20H23Cl2NO3S. The molecule has 0 spiro atoms. The molecule has 1 aromatic rings. The number of methoxy groups -OCH3 is 1. The third-order valence-electron chi connectivity index (χ3n) is 4.60. The lowest BCUT2D eigenvalue weighted by Crippen LogP contribution is -2.31. The zero-order valence-corrected chi connectivity index (χ0v) is 18.0. The molecule has 2 atom stereocenters. The van der Waals surface area contributed by atoms with Crippen molar-refractivity contribution >= 4 is 40.9 Å². The van der Waals surface area contributed by atoms with Gasteiger partial charge in [-0.15, -0.1) is 11.6 Å². The summed E-state index contributed by atoms with van der Waals surface area (Å²) in [6.07, 6.45) is 3.48. The number of halogens is 2. The molecule has 0 radical (unpaired) electrons. The number of nitrogens with zero attached hydrogens (tertiary/aromatic N) is 1. The van der Waals surface area contributed by atoms with Gasteiger partial charge in [0.05, 0.1) is 13.7 Å². The van der Waals surface area contributed by atoms with Crippen LogP contribution >= 0.6 is 35.0 Å². The molecule has 0 aromatic heterocycles. The molecule has 1 heterocycles. The number of hydrogen-bond donors (Lipinski definition) is 0. The molecule has 0 N–H and O–H groups in total. The predicted molar refractivity (Wildman–Crippen MR) is 111 cm³/mol. The van der Waals surface area contributed by atoms with Gasteiger partial charge in [0.1, 0.15) is 16.9 Å². The maximum atomic E-state index is 12.6. The highest BCUT2D eigenvalue weighted by molar-refractivity contribution is 8.03. The van der Waals surface area contributed by atoms with Gasteiger partial charge in [0.15, 0.2) is 0 Å². The van der Waals surface area contributed by atoms with Gasteiger partial charge in [0, 0.05) is 39.9 Å². The molecule has 4 nitrogen and oxygen atoms in total. The van der Waals surface area contributed by atoms with Crippen LogP contribution in [0.25, 0.3) is 0 Å². The fourth-order valence-electron chi connectivity index (χ4n) is 3.41. The van der Waals surface area contributed by atoms with Crippen molar-refractivity contribution in [2.24, 2.45) is 5.92 Å². The zero-order chi connectivity index (χ0) is 19.6. The number of allylic oxidation sites excluding steroid dienone is 3. The molecule has 146 valence electrons.